The summed E-state index contributed by atoms with van der Waals surface area (Å²) in [6, 6.07) is 0. The van der Waals surface area contributed by atoms with Crippen LogP contribution in [0, 0.1) is 0 Å². The molecule has 0 bridgehead atoms. The highest BCUT2D eigenvalue weighted by molar-refractivity contribution is 5.87. The van der Waals surface area contributed by atoms with Crippen LogP contribution in [-0.4, -0.2) is 24.3 Å². The molecule has 0 unspecified atom stereocenters. The van der Waals surface area contributed by atoms with E-state index in [2.05, 4.69) is 6.92 Å². The maximum absolute atomic E-state index is 11.4. The van der Waals surface area contributed by atoms with E-state index in [9.17, 15) is 4.79 Å². The molecule has 0 saturated heterocycles. The predicted molar refractivity (Wildman–Crippen MR) is 65.2 cm³/mol. The van der Waals surface area contributed by atoms with Gasteiger partial charge in [0.1, 0.15) is 0 Å². The van der Waals surface area contributed by atoms with Gasteiger partial charge >= 0.3 is 5.97 Å². The molecule has 0 aromatic carbocycles. The zero-order chi connectivity index (χ0) is 12.2. The molecule has 0 amide bonds. The fourth-order valence-electron chi connectivity index (χ4n) is 1.35. The number of carbonyl (C=O) groups is 1. The smallest absolute Gasteiger partial charge is 0.333 e. The van der Waals surface area contributed by atoms with Crippen LogP contribution in [0.3, 0.4) is 0 Å². The minimum Gasteiger partial charge on any atom is -0.462 e. The van der Waals surface area contributed by atoms with E-state index in [0.717, 1.165) is 12.8 Å². The number of esters is 1. The Morgan fingerprint density at radius 1 is 1.25 bits per heavy atom. The number of aliphatic hydroxyl groups is 1. The zero-order valence-corrected chi connectivity index (χ0v) is 10.5. The molecular formula is C13H24O3. The van der Waals surface area contributed by atoms with E-state index in [4.69, 9.17) is 9.84 Å². The third-order valence-corrected chi connectivity index (χ3v) is 2.38. The highest BCUT2D eigenvalue weighted by Gasteiger charge is 2.04. The Kier molecular flexibility index (Phi) is 10.1. The van der Waals surface area contributed by atoms with Gasteiger partial charge in [0, 0.05) is 12.2 Å². The maximum atomic E-state index is 11.4. The number of unbranched alkanes of at least 4 members (excludes halogenated alkanes) is 4. The number of hydrogen-bond acceptors (Lipinski definition) is 3. The molecule has 3 heteroatoms. The first-order valence-corrected chi connectivity index (χ1v) is 6.17. The Bertz CT molecular complexity index is 209. The van der Waals surface area contributed by atoms with Crippen molar-refractivity contribution in [3.8, 4) is 0 Å². The Hall–Kier alpha value is -0.830. The molecule has 0 heterocycles. The average Bonchev–Trinajstić information content (AvgIpc) is 2.30. The van der Waals surface area contributed by atoms with Crippen LogP contribution in [-0.2, 0) is 9.53 Å². The molecule has 0 aromatic heterocycles. The van der Waals surface area contributed by atoms with Crippen LogP contribution in [0.2, 0.25) is 0 Å². The van der Waals surface area contributed by atoms with Crippen molar-refractivity contribution in [2.75, 3.05) is 13.2 Å². The van der Waals surface area contributed by atoms with E-state index in [1.54, 1.807) is 13.0 Å². The van der Waals surface area contributed by atoms with E-state index in [-0.39, 0.29) is 12.6 Å². The first kappa shape index (κ1) is 15.2. The number of carbonyl (C=O) groups excluding carboxylic acids is 1. The number of rotatable bonds is 9. The van der Waals surface area contributed by atoms with Gasteiger partial charge in [0.05, 0.1) is 6.61 Å². The Balaban J connectivity index is 3.50. The molecule has 0 aliphatic carbocycles. The van der Waals surface area contributed by atoms with Crippen molar-refractivity contribution < 1.29 is 14.6 Å². The van der Waals surface area contributed by atoms with Crippen molar-refractivity contribution in [1.82, 2.24) is 0 Å². The Labute approximate surface area is 98.5 Å². The molecule has 16 heavy (non-hydrogen) atoms. The monoisotopic (exact) mass is 228 g/mol. The third kappa shape index (κ3) is 8.48. The van der Waals surface area contributed by atoms with Crippen molar-refractivity contribution in [3.63, 3.8) is 0 Å². The quantitative estimate of drug-likeness (QED) is 0.375. The molecule has 0 radical (unpaired) electrons. The number of aliphatic hydroxyl groups excluding tert-OH is 1. The third-order valence-electron chi connectivity index (χ3n) is 2.38. The lowest BCUT2D eigenvalue weighted by Gasteiger charge is -2.04. The van der Waals surface area contributed by atoms with Crippen molar-refractivity contribution in [3.05, 3.63) is 11.6 Å². The van der Waals surface area contributed by atoms with Crippen LogP contribution in [0.25, 0.3) is 0 Å². The second-order valence-electron chi connectivity index (χ2n) is 3.95. The van der Waals surface area contributed by atoms with Crippen molar-refractivity contribution in [2.24, 2.45) is 0 Å². The molecule has 0 saturated carbocycles. The van der Waals surface area contributed by atoms with Gasteiger partial charge in [0.15, 0.2) is 0 Å². The van der Waals surface area contributed by atoms with Crippen LogP contribution >= 0.6 is 0 Å². The van der Waals surface area contributed by atoms with Crippen LogP contribution in [0.5, 0.6) is 0 Å². The van der Waals surface area contributed by atoms with E-state index < -0.39 is 0 Å². The molecule has 94 valence electrons. The van der Waals surface area contributed by atoms with E-state index in [1.807, 2.05) is 0 Å². The predicted octanol–water partition coefficient (Wildman–Crippen LogP) is 2.83. The topological polar surface area (TPSA) is 46.5 Å². The van der Waals surface area contributed by atoms with Crippen LogP contribution in [0.15, 0.2) is 11.6 Å². The molecule has 0 aliphatic rings. The lowest BCUT2D eigenvalue weighted by atomic mass is 10.2. The zero-order valence-electron chi connectivity index (χ0n) is 10.5. The maximum Gasteiger partial charge on any atom is 0.333 e. The second-order valence-corrected chi connectivity index (χ2v) is 3.95. The fraction of sp³-hybridized carbons (Fsp3) is 0.769. The van der Waals surface area contributed by atoms with Gasteiger partial charge in [-0.05, 0) is 19.8 Å². The van der Waals surface area contributed by atoms with Crippen LogP contribution in [0.4, 0.5) is 0 Å². The van der Waals surface area contributed by atoms with Gasteiger partial charge in [-0.2, -0.15) is 0 Å². The number of hydrogen-bond donors (Lipinski definition) is 1. The van der Waals surface area contributed by atoms with Crippen molar-refractivity contribution >= 4 is 5.97 Å². The average molecular weight is 228 g/mol. The summed E-state index contributed by atoms with van der Waals surface area (Å²) < 4.78 is 5.09. The SMILES string of the molecule is CCCCCCCOC(=O)C(C)=CCCO. The Morgan fingerprint density at radius 3 is 2.56 bits per heavy atom. The van der Waals surface area contributed by atoms with Crippen LogP contribution in [0.1, 0.15) is 52.4 Å². The molecule has 1 N–H and O–H groups in total. The van der Waals surface area contributed by atoms with Gasteiger partial charge in [-0.1, -0.05) is 38.7 Å². The van der Waals surface area contributed by atoms with E-state index in [1.165, 1.54) is 19.3 Å². The van der Waals surface area contributed by atoms with Crippen molar-refractivity contribution in [1.29, 1.82) is 0 Å². The largest absolute Gasteiger partial charge is 0.462 e. The van der Waals surface area contributed by atoms with Gasteiger partial charge in [-0.3, -0.25) is 0 Å². The summed E-state index contributed by atoms with van der Waals surface area (Å²) >= 11 is 0. The summed E-state index contributed by atoms with van der Waals surface area (Å²) in [7, 11) is 0. The fourth-order valence-corrected chi connectivity index (χ4v) is 1.35. The van der Waals surface area contributed by atoms with E-state index in [0.29, 0.717) is 18.6 Å². The standard InChI is InChI=1S/C13H24O3/c1-3-4-5-6-7-11-16-13(15)12(2)9-8-10-14/h9,14H,3-8,10-11H2,1-2H3. The molecule has 0 rings (SSSR count). The molecule has 0 aliphatic heterocycles. The lowest BCUT2D eigenvalue weighted by molar-refractivity contribution is -0.139. The molecule has 0 fully saturated rings. The highest BCUT2D eigenvalue weighted by atomic mass is 16.5. The first-order valence-electron chi connectivity index (χ1n) is 6.17. The summed E-state index contributed by atoms with van der Waals surface area (Å²) in [6.45, 7) is 4.47. The first-order chi connectivity index (χ1) is 7.72. The van der Waals surface area contributed by atoms with Gasteiger partial charge in [-0.25, -0.2) is 4.79 Å². The number of ether oxygens (including phenoxy) is 1. The van der Waals surface area contributed by atoms with Gasteiger partial charge in [0.25, 0.3) is 0 Å². The van der Waals surface area contributed by atoms with Gasteiger partial charge in [-0.15, -0.1) is 0 Å². The molecule has 3 nitrogen and oxygen atoms in total. The minimum absolute atomic E-state index is 0.0711. The molecule has 0 aromatic rings. The van der Waals surface area contributed by atoms with E-state index >= 15 is 0 Å². The van der Waals surface area contributed by atoms with Crippen LogP contribution < -0.4 is 0 Å². The summed E-state index contributed by atoms with van der Waals surface area (Å²) in [5, 5.41) is 8.60. The van der Waals surface area contributed by atoms with Crippen molar-refractivity contribution in [2.45, 2.75) is 52.4 Å². The minimum atomic E-state index is -0.260. The van der Waals surface area contributed by atoms with Gasteiger partial charge < -0.3 is 9.84 Å². The second kappa shape index (κ2) is 10.7. The van der Waals surface area contributed by atoms with Gasteiger partial charge in [0.2, 0.25) is 0 Å². The summed E-state index contributed by atoms with van der Waals surface area (Å²) in [5.41, 5.74) is 0.586. The Morgan fingerprint density at radius 2 is 1.94 bits per heavy atom. The lowest BCUT2D eigenvalue weighted by Crippen LogP contribution is -2.07. The molecule has 0 spiro atoms. The molecule has 0 atom stereocenters. The summed E-state index contributed by atoms with van der Waals surface area (Å²) in [4.78, 5) is 11.4. The summed E-state index contributed by atoms with van der Waals surface area (Å²) in [5.74, 6) is -0.260. The molecular weight excluding hydrogens is 204 g/mol. The normalized spacial score (nSPS) is 11.6. The highest BCUT2D eigenvalue weighted by Crippen LogP contribution is 2.04. The summed E-state index contributed by atoms with van der Waals surface area (Å²) in [6.07, 6.45) is 7.98.